The molecule has 1 aromatic rings. The lowest BCUT2D eigenvalue weighted by molar-refractivity contribution is -0.387. The Labute approximate surface area is 86.5 Å². The number of phenols is 1. The highest BCUT2D eigenvalue weighted by Gasteiger charge is 2.24. The zero-order valence-electron chi connectivity index (χ0n) is 8.74. The van der Waals surface area contributed by atoms with Crippen molar-refractivity contribution in [3.05, 3.63) is 33.6 Å². The van der Waals surface area contributed by atoms with E-state index in [4.69, 9.17) is 0 Å². The van der Waals surface area contributed by atoms with Crippen LogP contribution in [0.15, 0.2) is 12.1 Å². The molecule has 4 nitrogen and oxygen atoms in total. The summed E-state index contributed by atoms with van der Waals surface area (Å²) < 4.78 is 13.1. The summed E-state index contributed by atoms with van der Waals surface area (Å²) in [6.45, 7) is 5.34. The number of halogens is 1. The van der Waals surface area contributed by atoms with E-state index in [1.165, 1.54) is 0 Å². The summed E-state index contributed by atoms with van der Waals surface area (Å²) in [4.78, 5) is 9.69. The molecule has 0 bridgehead atoms. The maximum atomic E-state index is 13.1. The van der Waals surface area contributed by atoms with E-state index in [0.29, 0.717) is 5.56 Å². The fourth-order valence-corrected chi connectivity index (χ4v) is 1.29. The van der Waals surface area contributed by atoms with Gasteiger partial charge in [-0.05, 0) is 5.41 Å². The molecule has 0 fully saturated rings. The molecule has 0 saturated carbocycles. The Morgan fingerprint density at radius 2 is 1.93 bits per heavy atom. The maximum absolute atomic E-state index is 13.1. The van der Waals surface area contributed by atoms with Crippen LogP contribution >= 0.6 is 0 Å². The number of hydrogen-bond acceptors (Lipinski definition) is 3. The molecule has 0 unspecified atom stereocenters. The number of aromatic hydroxyl groups is 1. The van der Waals surface area contributed by atoms with Gasteiger partial charge in [0.05, 0.1) is 4.92 Å². The molecule has 0 aliphatic carbocycles. The number of hydrogen-bond donors (Lipinski definition) is 1. The quantitative estimate of drug-likeness (QED) is 0.576. The van der Waals surface area contributed by atoms with E-state index in [-0.39, 0.29) is 5.75 Å². The first-order chi connectivity index (χ1) is 6.73. The van der Waals surface area contributed by atoms with Gasteiger partial charge in [0.2, 0.25) is 5.82 Å². The lowest BCUT2D eigenvalue weighted by Crippen LogP contribution is -2.12. The highest BCUT2D eigenvalue weighted by Crippen LogP contribution is 2.34. The first-order valence-electron chi connectivity index (χ1n) is 4.41. The zero-order chi connectivity index (χ0) is 11.8. The van der Waals surface area contributed by atoms with E-state index in [0.717, 1.165) is 12.1 Å². The highest BCUT2D eigenvalue weighted by molar-refractivity contribution is 5.47. The van der Waals surface area contributed by atoms with Gasteiger partial charge in [0.1, 0.15) is 5.75 Å². The van der Waals surface area contributed by atoms with E-state index < -0.39 is 21.8 Å². The minimum absolute atomic E-state index is 0.259. The Morgan fingerprint density at radius 3 is 2.33 bits per heavy atom. The van der Waals surface area contributed by atoms with Crippen LogP contribution in [0.1, 0.15) is 26.3 Å². The summed E-state index contributed by atoms with van der Waals surface area (Å²) in [5.74, 6) is -1.28. The Hall–Kier alpha value is -1.65. The van der Waals surface area contributed by atoms with Crippen LogP contribution in [0.25, 0.3) is 0 Å². The summed E-state index contributed by atoms with van der Waals surface area (Å²) in [6.07, 6.45) is 0. The van der Waals surface area contributed by atoms with Crippen molar-refractivity contribution >= 4 is 5.69 Å². The van der Waals surface area contributed by atoms with Gasteiger partial charge < -0.3 is 5.11 Å². The molecule has 0 radical (unpaired) electrons. The fourth-order valence-electron chi connectivity index (χ4n) is 1.29. The van der Waals surface area contributed by atoms with E-state index in [1.54, 1.807) is 20.8 Å². The van der Waals surface area contributed by atoms with E-state index >= 15 is 0 Å². The van der Waals surface area contributed by atoms with Crippen LogP contribution in [0.2, 0.25) is 0 Å². The minimum Gasteiger partial charge on any atom is -0.508 e. The molecule has 1 aromatic carbocycles. The van der Waals surface area contributed by atoms with Crippen molar-refractivity contribution in [1.82, 2.24) is 0 Å². The third-order valence-corrected chi connectivity index (χ3v) is 2.07. The van der Waals surface area contributed by atoms with Crippen molar-refractivity contribution in [2.24, 2.45) is 0 Å². The highest BCUT2D eigenvalue weighted by atomic mass is 19.1. The number of rotatable bonds is 1. The third kappa shape index (κ3) is 2.23. The molecule has 1 rings (SSSR count). The van der Waals surface area contributed by atoms with Crippen molar-refractivity contribution in [2.45, 2.75) is 26.2 Å². The number of nitro benzene ring substituents is 1. The molecule has 0 aromatic heterocycles. The molecule has 0 amide bonds. The van der Waals surface area contributed by atoms with Gasteiger partial charge in [-0.25, -0.2) is 0 Å². The number of benzene rings is 1. The predicted molar refractivity (Wildman–Crippen MR) is 53.4 cm³/mol. The van der Waals surface area contributed by atoms with Gasteiger partial charge in [-0.1, -0.05) is 20.8 Å². The molecular weight excluding hydrogens is 201 g/mol. The Kier molecular flexibility index (Phi) is 2.66. The van der Waals surface area contributed by atoms with Crippen molar-refractivity contribution in [3.63, 3.8) is 0 Å². The van der Waals surface area contributed by atoms with Gasteiger partial charge >= 0.3 is 5.69 Å². The topological polar surface area (TPSA) is 63.4 Å². The second-order valence-electron chi connectivity index (χ2n) is 4.33. The van der Waals surface area contributed by atoms with Gasteiger partial charge in [-0.15, -0.1) is 0 Å². The predicted octanol–water partition coefficient (Wildman–Crippen LogP) is 2.74. The minimum atomic E-state index is -1.02. The van der Waals surface area contributed by atoms with Crippen LogP contribution < -0.4 is 0 Å². The second kappa shape index (κ2) is 3.49. The Bertz CT molecular complexity index is 410. The number of phenolic OH excluding ortho intramolecular Hbond substituents is 1. The molecule has 0 aliphatic heterocycles. The Balaban J connectivity index is 3.43. The van der Waals surface area contributed by atoms with Gasteiger partial charge in [0, 0.05) is 17.7 Å². The molecular formula is C10H12FNO3. The van der Waals surface area contributed by atoms with Crippen LogP contribution in [-0.4, -0.2) is 10.0 Å². The van der Waals surface area contributed by atoms with Crippen LogP contribution in [0.4, 0.5) is 10.1 Å². The molecule has 0 spiro atoms. The molecule has 0 atom stereocenters. The largest absolute Gasteiger partial charge is 0.508 e. The molecule has 5 heteroatoms. The SMILES string of the molecule is CC(C)(C)c1cc([N+](=O)[O-])c(F)cc1O. The standard InChI is InChI=1S/C10H12FNO3/c1-10(2,3)6-4-8(12(14)15)7(11)5-9(6)13/h4-5,13H,1-3H3. The van der Waals surface area contributed by atoms with E-state index in [2.05, 4.69) is 0 Å². The first-order valence-corrected chi connectivity index (χ1v) is 4.41. The first kappa shape index (κ1) is 11.4. The molecule has 0 saturated heterocycles. The smallest absolute Gasteiger partial charge is 0.305 e. The summed E-state index contributed by atoms with van der Waals surface area (Å²) in [6, 6.07) is 1.85. The number of nitrogens with zero attached hydrogens (tertiary/aromatic N) is 1. The molecule has 1 N–H and O–H groups in total. The molecule has 15 heavy (non-hydrogen) atoms. The van der Waals surface area contributed by atoms with Crippen LogP contribution in [0.3, 0.4) is 0 Å². The molecule has 0 heterocycles. The van der Waals surface area contributed by atoms with Gasteiger partial charge in [0.25, 0.3) is 0 Å². The second-order valence-corrected chi connectivity index (χ2v) is 4.33. The van der Waals surface area contributed by atoms with E-state index in [9.17, 15) is 19.6 Å². The summed E-state index contributed by atoms with van der Waals surface area (Å²) in [5, 5.41) is 20.0. The number of nitro groups is 1. The van der Waals surface area contributed by atoms with Gasteiger partial charge in [-0.3, -0.25) is 10.1 Å². The summed E-state index contributed by atoms with van der Waals surface area (Å²) >= 11 is 0. The molecule has 0 aliphatic rings. The fraction of sp³-hybridized carbons (Fsp3) is 0.400. The average molecular weight is 213 g/mol. The lowest BCUT2D eigenvalue weighted by atomic mass is 9.86. The van der Waals surface area contributed by atoms with Gasteiger partial charge in [0.15, 0.2) is 0 Å². The van der Waals surface area contributed by atoms with Crippen LogP contribution in [0.5, 0.6) is 5.75 Å². The molecule has 82 valence electrons. The van der Waals surface area contributed by atoms with Crippen molar-refractivity contribution in [1.29, 1.82) is 0 Å². The Morgan fingerprint density at radius 1 is 1.40 bits per heavy atom. The third-order valence-electron chi connectivity index (χ3n) is 2.07. The van der Waals surface area contributed by atoms with Crippen molar-refractivity contribution in [2.75, 3.05) is 0 Å². The van der Waals surface area contributed by atoms with E-state index in [1.807, 2.05) is 0 Å². The van der Waals surface area contributed by atoms with Crippen LogP contribution in [0, 0.1) is 15.9 Å². The van der Waals surface area contributed by atoms with Crippen LogP contribution in [-0.2, 0) is 5.41 Å². The monoisotopic (exact) mass is 213 g/mol. The van der Waals surface area contributed by atoms with Crippen molar-refractivity contribution in [3.8, 4) is 5.75 Å². The van der Waals surface area contributed by atoms with Crippen molar-refractivity contribution < 1.29 is 14.4 Å². The summed E-state index contributed by atoms with van der Waals surface area (Å²) in [5.41, 5.74) is -0.726. The lowest BCUT2D eigenvalue weighted by Gasteiger charge is -2.19. The summed E-state index contributed by atoms with van der Waals surface area (Å²) in [7, 11) is 0. The average Bonchev–Trinajstić information content (AvgIpc) is 2.00. The normalized spacial score (nSPS) is 11.5. The maximum Gasteiger partial charge on any atom is 0.305 e. The van der Waals surface area contributed by atoms with Gasteiger partial charge in [-0.2, -0.15) is 4.39 Å². The zero-order valence-corrected chi connectivity index (χ0v) is 8.74.